The first-order valence-electron chi connectivity index (χ1n) is 6.98. The predicted molar refractivity (Wildman–Crippen MR) is 93.1 cm³/mol. The van der Waals surface area contributed by atoms with E-state index in [9.17, 15) is 13.2 Å². The Hall–Kier alpha value is -1.83. The maximum Gasteiger partial charge on any atom is 0.240 e. The van der Waals surface area contributed by atoms with E-state index in [4.69, 9.17) is 0 Å². The molecule has 0 aromatic heterocycles. The summed E-state index contributed by atoms with van der Waals surface area (Å²) < 4.78 is 25.5. The van der Waals surface area contributed by atoms with E-state index in [1.54, 1.807) is 12.1 Å². The smallest absolute Gasteiger partial charge is 0.240 e. The number of benzene rings is 2. The highest BCUT2D eigenvalue weighted by molar-refractivity contribution is 8.00. The topological polar surface area (TPSA) is 75.3 Å². The van der Waals surface area contributed by atoms with Crippen LogP contribution in [-0.2, 0) is 14.8 Å². The lowest BCUT2D eigenvalue weighted by Gasteiger charge is -2.12. The van der Waals surface area contributed by atoms with Crippen LogP contribution in [0.3, 0.4) is 0 Å². The average molecular weight is 350 g/mol. The monoisotopic (exact) mass is 350 g/mol. The standard InChI is InChI=1S/C16H18N2O3S2/c1-12(22-14-6-4-3-5-7-14)16(19)18-13-8-10-15(11-9-13)23(20,21)17-2/h3-12,17H,1-2H3,(H,18,19)/t12-/m0/s1. The van der Waals surface area contributed by atoms with Crippen LogP contribution in [0.5, 0.6) is 0 Å². The summed E-state index contributed by atoms with van der Waals surface area (Å²) in [5, 5.41) is 2.52. The van der Waals surface area contributed by atoms with Crippen molar-refractivity contribution in [3.63, 3.8) is 0 Å². The molecule has 0 fully saturated rings. The first-order valence-corrected chi connectivity index (χ1v) is 9.35. The van der Waals surface area contributed by atoms with E-state index in [1.807, 2.05) is 37.3 Å². The van der Waals surface area contributed by atoms with Crippen LogP contribution in [0, 0.1) is 0 Å². The number of nitrogens with one attached hydrogen (secondary N) is 2. The van der Waals surface area contributed by atoms with Crippen molar-refractivity contribution in [3.8, 4) is 0 Å². The second-order valence-electron chi connectivity index (χ2n) is 4.79. The number of hydrogen-bond acceptors (Lipinski definition) is 4. The molecule has 0 spiro atoms. The van der Waals surface area contributed by atoms with Gasteiger partial charge in [0.15, 0.2) is 0 Å². The lowest BCUT2D eigenvalue weighted by atomic mass is 10.3. The Morgan fingerprint density at radius 1 is 1.04 bits per heavy atom. The summed E-state index contributed by atoms with van der Waals surface area (Å²) in [7, 11) is -2.11. The summed E-state index contributed by atoms with van der Waals surface area (Å²) >= 11 is 1.46. The summed E-state index contributed by atoms with van der Waals surface area (Å²) in [4.78, 5) is 13.4. The molecule has 0 unspecified atom stereocenters. The number of amides is 1. The molecule has 0 aliphatic carbocycles. The van der Waals surface area contributed by atoms with Crippen molar-refractivity contribution in [1.82, 2.24) is 4.72 Å². The van der Waals surface area contributed by atoms with Gasteiger partial charge in [-0.05, 0) is 50.4 Å². The second-order valence-corrected chi connectivity index (χ2v) is 8.10. The molecule has 5 nitrogen and oxygen atoms in total. The molecule has 0 radical (unpaired) electrons. The minimum absolute atomic E-state index is 0.136. The molecule has 23 heavy (non-hydrogen) atoms. The van der Waals surface area contributed by atoms with Gasteiger partial charge in [-0.15, -0.1) is 11.8 Å². The number of hydrogen-bond donors (Lipinski definition) is 2. The van der Waals surface area contributed by atoms with Crippen molar-refractivity contribution in [1.29, 1.82) is 0 Å². The molecule has 2 N–H and O–H groups in total. The van der Waals surface area contributed by atoms with Gasteiger partial charge in [0.05, 0.1) is 10.1 Å². The molecule has 0 saturated carbocycles. The van der Waals surface area contributed by atoms with Crippen molar-refractivity contribution < 1.29 is 13.2 Å². The second kappa shape index (κ2) is 7.63. The molecule has 0 heterocycles. The maximum atomic E-state index is 12.2. The zero-order valence-electron chi connectivity index (χ0n) is 12.8. The van der Waals surface area contributed by atoms with Crippen LogP contribution in [0.25, 0.3) is 0 Å². The van der Waals surface area contributed by atoms with Crippen molar-refractivity contribution in [2.24, 2.45) is 0 Å². The number of sulfonamides is 1. The summed E-state index contributed by atoms with van der Waals surface area (Å²) in [6, 6.07) is 15.7. The highest BCUT2D eigenvalue weighted by atomic mass is 32.2. The molecular formula is C16H18N2O3S2. The fraction of sp³-hybridized carbons (Fsp3) is 0.188. The zero-order chi connectivity index (χ0) is 16.9. The molecule has 0 bridgehead atoms. The summed E-state index contributed by atoms with van der Waals surface area (Å²) in [6.07, 6.45) is 0. The fourth-order valence-electron chi connectivity index (χ4n) is 1.84. The Balaban J connectivity index is 2.00. The summed E-state index contributed by atoms with van der Waals surface area (Å²) in [5.41, 5.74) is 0.561. The lowest BCUT2D eigenvalue weighted by molar-refractivity contribution is -0.115. The SMILES string of the molecule is CNS(=O)(=O)c1ccc(NC(=O)[C@H](C)Sc2ccccc2)cc1. The molecule has 2 aromatic carbocycles. The molecule has 122 valence electrons. The normalized spacial score (nSPS) is 12.6. The van der Waals surface area contributed by atoms with E-state index < -0.39 is 10.0 Å². The molecule has 0 saturated heterocycles. The van der Waals surface area contributed by atoms with Gasteiger partial charge < -0.3 is 5.32 Å². The molecule has 1 amide bonds. The third-order valence-electron chi connectivity index (χ3n) is 3.13. The van der Waals surface area contributed by atoms with E-state index in [0.717, 1.165) is 4.90 Å². The van der Waals surface area contributed by atoms with Gasteiger partial charge in [-0.2, -0.15) is 0 Å². The molecule has 2 rings (SSSR count). The number of thioether (sulfide) groups is 1. The van der Waals surface area contributed by atoms with Gasteiger partial charge >= 0.3 is 0 Å². The van der Waals surface area contributed by atoms with Gasteiger partial charge in [0.2, 0.25) is 15.9 Å². The average Bonchev–Trinajstić information content (AvgIpc) is 2.56. The quantitative estimate of drug-likeness (QED) is 0.786. The van der Waals surface area contributed by atoms with Crippen LogP contribution in [0.1, 0.15) is 6.92 Å². The first-order chi connectivity index (χ1) is 10.9. The first kappa shape index (κ1) is 17.5. The molecule has 0 aliphatic rings. The van der Waals surface area contributed by atoms with Crippen LogP contribution >= 0.6 is 11.8 Å². The van der Waals surface area contributed by atoms with Gasteiger partial charge in [-0.3, -0.25) is 4.79 Å². The predicted octanol–water partition coefficient (Wildman–Crippen LogP) is 2.71. The number of carbonyl (C=O) groups is 1. The third-order valence-corrected chi connectivity index (χ3v) is 5.67. The molecule has 1 atom stereocenters. The minimum atomic E-state index is -3.47. The Morgan fingerprint density at radius 3 is 2.22 bits per heavy atom. The van der Waals surface area contributed by atoms with Gasteiger partial charge in [-0.1, -0.05) is 18.2 Å². The van der Waals surface area contributed by atoms with E-state index in [-0.39, 0.29) is 16.1 Å². The van der Waals surface area contributed by atoms with Gasteiger partial charge in [0, 0.05) is 10.6 Å². The number of carbonyl (C=O) groups excluding carboxylic acids is 1. The van der Waals surface area contributed by atoms with E-state index in [2.05, 4.69) is 10.0 Å². The van der Waals surface area contributed by atoms with E-state index >= 15 is 0 Å². The van der Waals surface area contributed by atoms with Crippen molar-refractivity contribution in [2.75, 3.05) is 12.4 Å². The number of rotatable bonds is 6. The van der Waals surface area contributed by atoms with E-state index in [1.165, 1.54) is 30.9 Å². The zero-order valence-corrected chi connectivity index (χ0v) is 14.4. The van der Waals surface area contributed by atoms with Crippen LogP contribution in [-0.4, -0.2) is 26.6 Å². The molecule has 0 aliphatic heterocycles. The van der Waals surface area contributed by atoms with Crippen LogP contribution in [0.4, 0.5) is 5.69 Å². The summed E-state index contributed by atoms with van der Waals surface area (Å²) in [5.74, 6) is -0.136. The Kier molecular flexibility index (Phi) is 5.81. The van der Waals surface area contributed by atoms with Gasteiger partial charge in [-0.25, -0.2) is 13.1 Å². The Morgan fingerprint density at radius 2 is 1.65 bits per heavy atom. The molecular weight excluding hydrogens is 332 g/mol. The fourth-order valence-corrected chi connectivity index (χ4v) is 3.45. The van der Waals surface area contributed by atoms with E-state index in [0.29, 0.717) is 5.69 Å². The van der Waals surface area contributed by atoms with Crippen molar-refractivity contribution in [2.45, 2.75) is 22.0 Å². The Bertz CT molecular complexity index is 760. The molecule has 7 heteroatoms. The highest BCUT2D eigenvalue weighted by Crippen LogP contribution is 2.24. The van der Waals surface area contributed by atoms with Crippen LogP contribution < -0.4 is 10.0 Å². The molecule has 2 aromatic rings. The van der Waals surface area contributed by atoms with Crippen LogP contribution in [0.15, 0.2) is 64.4 Å². The van der Waals surface area contributed by atoms with Gasteiger partial charge in [0.1, 0.15) is 0 Å². The van der Waals surface area contributed by atoms with Crippen LogP contribution in [0.2, 0.25) is 0 Å². The highest BCUT2D eigenvalue weighted by Gasteiger charge is 2.15. The third kappa shape index (κ3) is 4.82. The minimum Gasteiger partial charge on any atom is -0.325 e. The van der Waals surface area contributed by atoms with Gasteiger partial charge in [0.25, 0.3) is 0 Å². The summed E-state index contributed by atoms with van der Waals surface area (Å²) in [6.45, 7) is 1.83. The largest absolute Gasteiger partial charge is 0.325 e. The van der Waals surface area contributed by atoms with Crippen molar-refractivity contribution in [3.05, 3.63) is 54.6 Å². The lowest BCUT2D eigenvalue weighted by Crippen LogP contribution is -2.22. The maximum absolute atomic E-state index is 12.2. The Labute approximate surface area is 140 Å². The number of anilines is 1. The van der Waals surface area contributed by atoms with Crippen molar-refractivity contribution >= 4 is 33.4 Å².